The van der Waals surface area contributed by atoms with E-state index in [0.717, 1.165) is 4.68 Å². The summed E-state index contributed by atoms with van der Waals surface area (Å²) in [6.45, 7) is -0.121. The summed E-state index contributed by atoms with van der Waals surface area (Å²) in [5.74, 6) is -0.319. The number of nitrogens with zero attached hydrogens (tertiary/aromatic N) is 2. The third-order valence-corrected chi connectivity index (χ3v) is 2.27. The molecule has 6 heteroatoms. The monoisotopic (exact) mass is 244 g/mol. The van der Waals surface area contributed by atoms with E-state index >= 15 is 0 Å². The normalized spacial score (nSPS) is 10.0. The van der Waals surface area contributed by atoms with E-state index in [-0.39, 0.29) is 18.0 Å². The molecule has 92 valence electrons. The number of nitrogens with one attached hydrogen (secondary N) is 1. The van der Waals surface area contributed by atoms with Crippen molar-refractivity contribution >= 4 is 17.3 Å². The van der Waals surface area contributed by atoms with E-state index in [1.807, 2.05) is 0 Å². The van der Waals surface area contributed by atoms with E-state index < -0.39 is 0 Å². The molecule has 0 fully saturated rings. The highest BCUT2D eigenvalue weighted by Gasteiger charge is 2.05. The molecule has 0 radical (unpaired) electrons. The first-order valence-electron chi connectivity index (χ1n) is 5.33. The summed E-state index contributed by atoms with van der Waals surface area (Å²) in [4.78, 5) is 23.0. The molecule has 1 amide bonds. The molecule has 0 saturated heterocycles. The molecule has 0 aliphatic carbocycles. The zero-order valence-corrected chi connectivity index (χ0v) is 9.54. The topological polar surface area (TPSA) is 90.0 Å². The minimum atomic E-state index is -0.319. The molecule has 2 aromatic rings. The quantitative estimate of drug-likeness (QED) is 0.768. The number of nitrogen functional groups attached to an aromatic ring is 1. The van der Waals surface area contributed by atoms with E-state index in [9.17, 15) is 9.59 Å². The Morgan fingerprint density at radius 2 is 2.00 bits per heavy atom. The van der Waals surface area contributed by atoms with Crippen molar-refractivity contribution in [2.75, 3.05) is 11.1 Å². The van der Waals surface area contributed by atoms with Crippen molar-refractivity contribution in [2.45, 2.75) is 6.54 Å². The van der Waals surface area contributed by atoms with Gasteiger partial charge in [0.1, 0.15) is 6.54 Å². The largest absolute Gasteiger partial charge is 0.399 e. The maximum atomic E-state index is 11.7. The molecule has 1 aromatic heterocycles. The minimum absolute atomic E-state index is 0.121. The first-order chi connectivity index (χ1) is 8.65. The van der Waals surface area contributed by atoms with Crippen LogP contribution in [0.25, 0.3) is 0 Å². The predicted molar refractivity (Wildman–Crippen MR) is 68.0 cm³/mol. The van der Waals surface area contributed by atoms with Crippen molar-refractivity contribution < 1.29 is 4.79 Å². The number of carbonyl (C=O) groups is 1. The van der Waals surface area contributed by atoms with Crippen LogP contribution in [0.15, 0.2) is 47.4 Å². The Labute approximate surface area is 103 Å². The molecule has 0 bridgehead atoms. The molecule has 0 aliphatic heterocycles. The molecule has 2 rings (SSSR count). The lowest BCUT2D eigenvalue weighted by molar-refractivity contribution is -0.117. The van der Waals surface area contributed by atoms with Gasteiger partial charge in [-0.2, -0.15) is 5.10 Å². The smallest absolute Gasteiger partial charge is 0.267 e. The molecule has 18 heavy (non-hydrogen) atoms. The number of benzene rings is 1. The van der Waals surface area contributed by atoms with Gasteiger partial charge in [0, 0.05) is 23.6 Å². The van der Waals surface area contributed by atoms with Crippen LogP contribution < -0.4 is 16.6 Å². The number of amides is 1. The molecular formula is C12H12N4O2. The highest BCUT2D eigenvalue weighted by Crippen LogP contribution is 2.10. The Bertz CT molecular complexity index is 604. The second-order valence-electron chi connectivity index (χ2n) is 3.69. The van der Waals surface area contributed by atoms with Crippen LogP contribution in [0.4, 0.5) is 11.4 Å². The summed E-state index contributed by atoms with van der Waals surface area (Å²) >= 11 is 0. The number of hydrogen-bond donors (Lipinski definition) is 2. The molecular weight excluding hydrogens is 232 g/mol. The first-order valence-corrected chi connectivity index (χ1v) is 5.33. The fourth-order valence-corrected chi connectivity index (χ4v) is 1.41. The van der Waals surface area contributed by atoms with Gasteiger partial charge in [0.2, 0.25) is 5.91 Å². The average Bonchev–Trinajstić information content (AvgIpc) is 2.35. The third-order valence-electron chi connectivity index (χ3n) is 2.27. The highest BCUT2D eigenvalue weighted by atomic mass is 16.2. The van der Waals surface area contributed by atoms with Crippen LogP contribution in [0, 0.1) is 0 Å². The van der Waals surface area contributed by atoms with Crippen molar-refractivity contribution in [3.8, 4) is 0 Å². The maximum Gasteiger partial charge on any atom is 0.267 e. The van der Waals surface area contributed by atoms with Crippen LogP contribution in [-0.4, -0.2) is 15.7 Å². The fraction of sp³-hybridized carbons (Fsp3) is 0.0833. The van der Waals surface area contributed by atoms with Crippen molar-refractivity contribution in [1.29, 1.82) is 0 Å². The number of rotatable bonds is 3. The number of aromatic nitrogens is 2. The summed E-state index contributed by atoms with van der Waals surface area (Å²) in [6.07, 6.45) is 1.46. The van der Waals surface area contributed by atoms with E-state index in [2.05, 4.69) is 10.4 Å². The van der Waals surface area contributed by atoms with Crippen LogP contribution in [0.5, 0.6) is 0 Å². The molecule has 0 spiro atoms. The Hall–Kier alpha value is -2.63. The molecule has 3 N–H and O–H groups in total. The van der Waals surface area contributed by atoms with Crippen molar-refractivity contribution in [3.63, 3.8) is 0 Å². The lowest BCUT2D eigenvalue weighted by Crippen LogP contribution is -2.28. The van der Waals surface area contributed by atoms with Gasteiger partial charge in [0.25, 0.3) is 5.56 Å². The minimum Gasteiger partial charge on any atom is -0.399 e. The first kappa shape index (κ1) is 11.8. The Kier molecular flexibility index (Phi) is 3.38. The van der Waals surface area contributed by atoms with Gasteiger partial charge < -0.3 is 11.1 Å². The third kappa shape index (κ3) is 2.94. The zero-order valence-electron chi connectivity index (χ0n) is 9.54. The molecule has 0 aliphatic rings. The Morgan fingerprint density at radius 1 is 1.28 bits per heavy atom. The van der Waals surface area contributed by atoms with Gasteiger partial charge in [-0.25, -0.2) is 4.68 Å². The van der Waals surface area contributed by atoms with Gasteiger partial charge in [-0.05, 0) is 30.3 Å². The molecule has 1 aromatic carbocycles. The molecule has 0 saturated carbocycles. The molecule has 0 atom stereocenters. The second-order valence-corrected chi connectivity index (χ2v) is 3.69. The number of anilines is 2. The van der Waals surface area contributed by atoms with E-state index in [4.69, 9.17) is 5.73 Å². The van der Waals surface area contributed by atoms with Gasteiger partial charge in [-0.15, -0.1) is 0 Å². The van der Waals surface area contributed by atoms with E-state index in [0.29, 0.717) is 11.4 Å². The van der Waals surface area contributed by atoms with Gasteiger partial charge in [-0.1, -0.05) is 0 Å². The van der Waals surface area contributed by atoms with Gasteiger partial charge in [-0.3, -0.25) is 9.59 Å². The second kappa shape index (κ2) is 5.13. The van der Waals surface area contributed by atoms with Crippen molar-refractivity contribution in [1.82, 2.24) is 9.78 Å². The average molecular weight is 244 g/mol. The van der Waals surface area contributed by atoms with Crippen LogP contribution in [0.2, 0.25) is 0 Å². The Morgan fingerprint density at radius 3 is 2.67 bits per heavy atom. The number of hydrogen-bond acceptors (Lipinski definition) is 4. The van der Waals surface area contributed by atoms with Crippen LogP contribution in [-0.2, 0) is 11.3 Å². The summed E-state index contributed by atoms with van der Waals surface area (Å²) < 4.78 is 1.09. The molecule has 6 nitrogen and oxygen atoms in total. The predicted octanol–water partition coefficient (Wildman–Crippen LogP) is 0.464. The molecule has 0 unspecified atom stereocenters. The highest BCUT2D eigenvalue weighted by molar-refractivity contribution is 5.90. The van der Waals surface area contributed by atoms with Gasteiger partial charge in [0.05, 0.1) is 0 Å². The number of nitrogens with two attached hydrogens (primary N) is 1. The number of carbonyl (C=O) groups excluding carboxylic acids is 1. The van der Waals surface area contributed by atoms with Gasteiger partial charge >= 0.3 is 0 Å². The van der Waals surface area contributed by atoms with Crippen LogP contribution in [0.3, 0.4) is 0 Å². The molecule has 1 heterocycles. The summed E-state index contributed by atoms with van der Waals surface area (Å²) in [7, 11) is 0. The lowest BCUT2D eigenvalue weighted by atomic mass is 10.3. The fourth-order valence-electron chi connectivity index (χ4n) is 1.41. The van der Waals surface area contributed by atoms with Crippen LogP contribution >= 0.6 is 0 Å². The Balaban J connectivity index is 2.03. The van der Waals surface area contributed by atoms with E-state index in [1.165, 1.54) is 18.3 Å². The SMILES string of the molecule is Nc1ccc(NC(=O)Cn2ncccc2=O)cc1. The summed E-state index contributed by atoms with van der Waals surface area (Å²) in [5.41, 5.74) is 6.46. The van der Waals surface area contributed by atoms with Crippen LogP contribution in [0.1, 0.15) is 0 Å². The van der Waals surface area contributed by atoms with Gasteiger partial charge in [0.15, 0.2) is 0 Å². The maximum absolute atomic E-state index is 11.7. The lowest BCUT2D eigenvalue weighted by Gasteiger charge is -2.06. The van der Waals surface area contributed by atoms with Crippen molar-refractivity contribution in [2.24, 2.45) is 0 Å². The summed E-state index contributed by atoms with van der Waals surface area (Å²) in [6, 6.07) is 9.62. The standard InChI is InChI=1S/C12H12N4O2/c13-9-3-5-10(6-4-9)15-11(17)8-16-12(18)2-1-7-14-16/h1-7H,8,13H2,(H,15,17). The van der Waals surface area contributed by atoms with Crippen molar-refractivity contribution in [3.05, 3.63) is 52.9 Å². The zero-order chi connectivity index (χ0) is 13.0. The van der Waals surface area contributed by atoms with E-state index in [1.54, 1.807) is 24.3 Å². The summed E-state index contributed by atoms with van der Waals surface area (Å²) in [5, 5.41) is 6.45.